The molecule has 0 aliphatic carbocycles. The molecule has 3 aromatic rings. The van der Waals surface area contributed by atoms with Gasteiger partial charge in [0.05, 0.1) is 5.52 Å². The van der Waals surface area contributed by atoms with Crippen molar-refractivity contribution in [3.63, 3.8) is 0 Å². The second-order valence-electron chi connectivity index (χ2n) is 4.08. The summed E-state index contributed by atoms with van der Waals surface area (Å²) in [6.45, 7) is 0. The first-order valence-corrected chi connectivity index (χ1v) is 6.40. The number of benzene rings is 2. The largest absolute Gasteiger partial charge is 0.417 e. The zero-order valence-corrected chi connectivity index (χ0v) is 10.8. The molecule has 0 unspecified atom stereocenters. The lowest BCUT2D eigenvalue weighted by atomic mass is 10.3. The van der Waals surface area contributed by atoms with E-state index in [1.807, 2.05) is 0 Å². The lowest BCUT2D eigenvalue weighted by molar-refractivity contribution is 0.506. The van der Waals surface area contributed by atoms with Crippen molar-refractivity contribution in [1.29, 1.82) is 0 Å². The lowest BCUT2D eigenvalue weighted by Gasteiger charge is -2.05. The zero-order valence-electron chi connectivity index (χ0n) is 9.94. The molecule has 0 bridgehead atoms. The van der Waals surface area contributed by atoms with Crippen LogP contribution in [0, 0.1) is 11.6 Å². The van der Waals surface area contributed by atoms with Crippen LogP contribution in [0.15, 0.2) is 49.3 Å². The molecule has 0 saturated carbocycles. The highest BCUT2D eigenvalue weighted by Gasteiger charge is 2.10. The number of halogens is 2. The first kappa shape index (κ1) is 12.7. The summed E-state index contributed by atoms with van der Waals surface area (Å²) in [4.78, 5) is 14.7. The van der Waals surface area contributed by atoms with Gasteiger partial charge in [0, 0.05) is 21.5 Å². The maximum Gasteiger partial charge on any atom is 0.417 e. The fraction of sp³-hybridized carbons (Fsp3) is 0. The van der Waals surface area contributed by atoms with Crippen molar-refractivity contribution in [2.24, 2.45) is 0 Å². The highest BCUT2D eigenvalue weighted by atomic mass is 32.2. The van der Waals surface area contributed by atoms with Gasteiger partial charge in [0.1, 0.15) is 0 Å². The third-order valence-electron chi connectivity index (χ3n) is 2.67. The third kappa shape index (κ3) is 2.27. The number of aromatic amines is 1. The van der Waals surface area contributed by atoms with E-state index >= 15 is 0 Å². The standard InChI is InChI=1S/C13H8F2N2O2S/c14-7-2-1-6(3-8(7)15)20-12-5-10-11(4-9(12)16)19-13(18)17-10/h1-5H,16H2,(H,17,18). The van der Waals surface area contributed by atoms with E-state index in [-0.39, 0.29) is 0 Å². The van der Waals surface area contributed by atoms with E-state index in [2.05, 4.69) is 4.98 Å². The quantitative estimate of drug-likeness (QED) is 0.712. The molecule has 7 heteroatoms. The molecule has 0 aliphatic heterocycles. The van der Waals surface area contributed by atoms with Gasteiger partial charge in [-0.3, -0.25) is 4.98 Å². The number of fused-ring (bicyclic) bond motifs is 1. The zero-order chi connectivity index (χ0) is 14.3. The number of nitrogen functional groups attached to an aromatic ring is 1. The number of oxazole rings is 1. The van der Waals surface area contributed by atoms with Crippen molar-refractivity contribution in [2.45, 2.75) is 9.79 Å². The molecule has 1 aromatic heterocycles. The summed E-state index contributed by atoms with van der Waals surface area (Å²) in [6.07, 6.45) is 0. The average molecular weight is 294 g/mol. The van der Waals surface area contributed by atoms with E-state index in [1.54, 1.807) is 6.07 Å². The Kier molecular flexibility index (Phi) is 2.98. The smallest absolute Gasteiger partial charge is 0.408 e. The van der Waals surface area contributed by atoms with Gasteiger partial charge < -0.3 is 10.2 Å². The Bertz CT molecular complexity index is 857. The van der Waals surface area contributed by atoms with Crippen LogP contribution in [0.4, 0.5) is 14.5 Å². The van der Waals surface area contributed by atoms with Crippen LogP contribution in [0.3, 0.4) is 0 Å². The van der Waals surface area contributed by atoms with Gasteiger partial charge in [-0.25, -0.2) is 13.6 Å². The van der Waals surface area contributed by atoms with E-state index in [0.717, 1.165) is 12.1 Å². The van der Waals surface area contributed by atoms with Crippen LogP contribution in [0.2, 0.25) is 0 Å². The first-order chi connectivity index (χ1) is 9.52. The van der Waals surface area contributed by atoms with E-state index < -0.39 is 17.4 Å². The Morgan fingerprint density at radius 2 is 1.95 bits per heavy atom. The van der Waals surface area contributed by atoms with Gasteiger partial charge in [-0.15, -0.1) is 0 Å². The minimum atomic E-state index is -0.925. The highest BCUT2D eigenvalue weighted by molar-refractivity contribution is 7.99. The number of hydrogen-bond donors (Lipinski definition) is 2. The number of aromatic nitrogens is 1. The Balaban J connectivity index is 2.02. The average Bonchev–Trinajstić information content (AvgIpc) is 2.73. The van der Waals surface area contributed by atoms with Gasteiger partial charge in [0.2, 0.25) is 0 Å². The van der Waals surface area contributed by atoms with Gasteiger partial charge in [-0.05, 0) is 24.3 Å². The van der Waals surface area contributed by atoms with Crippen molar-refractivity contribution in [2.75, 3.05) is 5.73 Å². The molecule has 0 amide bonds. The Morgan fingerprint density at radius 1 is 1.15 bits per heavy atom. The number of nitrogens with one attached hydrogen (secondary N) is 1. The van der Waals surface area contributed by atoms with Crippen LogP contribution in [0.25, 0.3) is 11.1 Å². The first-order valence-electron chi connectivity index (χ1n) is 5.58. The molecule has 0 aliphatic rings. The van der Waals surface area contributed by atoms with Crippen molar-refractivity contribution in [3.8, 4) is 0 Å². The normalized spacial score (nSPS) is 11.1. The van der Waals surface area contributed by atoms with Gasteiger partial charge in [0.25, 0.3) is 0 Å². The number of hydrogen-bond acceptors (Lipinski definition) is 4. The molecular weight excluding hydrogens is 286 g/mol. The molecule has 20 heavy (non-hydrogen) atoms. The summed E-state index contributed by atoms with van der Waals surface area (Å²) >= 11 is 1.17. The van der Waals surface area contributed by atoms with Crippen molar-refractivity contribution in [1.82, 2.24) is 4.98 Å². The number of H-pyrrole nitrogens is 1. The fourth-order valence-corrected chi connectivity index (χ4v) is 2.65. The van der Waals surface area contributed by atoms with Gasteiger partial charge in [-0.1, -0.05) is 11.8 Å². The van der Waals surface area contributed by atoms with Crippen LogP contribution in [0.1, 0.15) is 0 Å². The van der Waals surface area contributed by atoms with E-state index in [9.17, 15) is 13.6 Å². The molecule has 3 N–H and O–H groups in total. The molecule has 3 rings (SSSR count). The van der Waals surface area contributed by atoms with Crippen molar-refractivity contribution < 1.29 is 13.2 Å². The van der Waals surface area contributed by atoms with Gasteiger partial charge >= 0.3 is 5.76 Å². The third-order valence-corrected chi connectivity index (χ3v) is 3.73. The summed E-state index contributed by atoms with van der Waals surface area (Å²) in [5.74, 6) is -2.40. The monoisotopic (exact) mass is 294 g/mol. The molecule has 102 valence electrons. The molecule has 0 fully saturated rings. The van der Waals surface area contributed by atoms with Crippen LogP contribution in [0.5, 0.6) is 0 Å². The second kappa shape index (κ2) is 4.68. The SMILES string of the molecule is Nc1cc2oc(=O)[nH]c2cc1Sc1ccc(F)c(F)c1. The van der Waals surface area contributed by atoms with Crippen molar-refractivity contribution >= 4 is 28.5 Å². The van der Waals surface area contributed by atoms with Gasteiger partial charge in [-0.2, -0.15) is 0 Å². The summed E-state index contributed by atoms with van der Waals surface area (Å²) in [5.41, 5.74) is 7.08. The molecule has 0 spiro atoms. The number of rotatable bonds is 2. The number of anilines is 1. The summed E-state index contributed by atoms with van der Waals surface area (Å²) in [6, 6.07) is 6.72. The Morgan fingerprint density at radius 3 is 2.70 bits per heavy atom. The van der Waals surface area contributed by atoms with Crippen LogP contribution < -0.4 is 11.5 Å². The summed E-state index contributed by atoms with van der Waals surface area (Å²) < 4.78 is 30.9. The van der Waals surface area contributed by atoms with Crippen LogP contribution in [-0.4, -0.2) is 4.98 Å². The minimum absolute atomic E-state index is 0.349. The summed E-state index contributed by atoms with van der Waals surface area (Å²) in [7, 11) is 0. The lowest BCUT2D eigenvalue weighted by Crippen LogP contribution is -1.93. The predicted octanol–water partition coefficient (Wildman–Crippen LogP) is 3.13. The van der Waals surface area contributed by atoms with Crippen molar-refractivity contribution in [3.05, 3.63) is 52.5 Å². The summed E-state index contributed by atoms with van der Waals surface area (Å²) in [5, 5.41) is 0. The van der Waals surface area contributed by atoms with Crippen LogP contribution in [-0.2, 0) is 0 Å². The Labute approximate surface area is 115 Å². The van der Waals surface area contributed by atoms with E-state index in [1.165, 1.54) is 23.9 Å². The topological polar surface area (TPSA) is 72.0 Å². The predicted molar refractivity (Wildman–Crippen MR) is 71.7 cm³/mol. The molecule has 2 aromatic carbocycles. The highest BCUT2D eigenvalue weighted by Crippen LogP contribution is 2.34. The molecular formula is C13H8F2N2O2S. The number of nitrogens with two attached hydrogens (primary N) is 1. The van der Waals surface area contributed by atoms with Crippen LogP contribution >= 0.6 is 11.8 Å². The van der Waals surface area contributed by atoms with E-state index in [0.29, 0.717) is 26.6 Å². The second-order valence-corrected chi connectivity index (χ2v) is 5.19. The molecule has 0 radical (unpaired) electrons. The molecule has 1 heterocycles. The maximum absolute atomic E-state index is 13.2. The Hall–Kier alpha value is -2.28. The van der Waals surface area contributed by atoms with Gasteiger partial charge in [0.15, 0.2) is 17.2 Å². The molecule has 4 nitrogen and oxygen atoms in total. The molecule has 0 saturated heterocycles. The minimum Gasteiger partial charge on any atom is -0.408 e. The fourth-order valence-electron chi connectivity index (χ4n) is 1.75. The maximum atomic E-state index is 13.2. The van der Waals surface area contributed by atoms with E-state index in [4.69, 9.17) is 10.2 Å². The molecule has 0 atom stereocenters.